The van der Waals surface area contributed by atoms with Crippen molar-refractivity contribution in [1.82, 2.24) is 19.4 Å². The molecule has 2 aromatic carbocycles. The third-order valence-corrected chi connectivity index (χ3v) is 8.00. The summed E-state index contributed by atoms with van der Waals surface area (Å²) in [6.07, 6.45) is 3.17. The van der Waals surface area contributed by atoms with Crippen LogP contribution in [0.15, 0.2) is 54.6 Å². The molecule has 2 aliphatic rings. The van der Waals surface area contributed by atoms with Gasteiger partial charge in [-0.3, -0.25) is 9.69 Å². The molecule has 0 radical (unpaired) electrons. The van der Waals surface area contributed by atoms with Gasteiger partial charge in [0, 0.05) is 42.5 Å². The number of imidazole rings is 1. The average Bonchev–Trinajstić information content (AvgIpc) is 3.30. The van der Waals surface area contributed by atoms with E-state index in [1.165, 1.54) is 13.0 Å². The first-order valence-electron chi connectivity index (χ1n) is 14.3. The van der Waals surface area contributed by atoms with E-state index in [9.17, 15) is 9.18 Å². The van der Waals surface area contributed by atoms with Crippen LogP contribution < -0.4 is 10.1 Å². The molecule has 6 rings (SSSR count). The first-order chi connectivity index (χ1) is 20.4. The maximum Gasteiger partial charge on any atom is 0.221 e. The van der Waals surface area contributed by atoms with E-state index >= 15 is 0 Å². The Kier molecular flexibility index (Phi) is 8.13. The number of fused-ring (bicyclic) bond motifs is 1. The highest BCUT2D eigenvalue weighted by atomic mass is 19.1. The number of hydrogen-bond donors (Lipinski definition) is 1. The summed E-state index contributed by atoms with van der Waals surface area (Å²) in [5.74, 6) is 1.21. The van der Waals surface area contributed by atoms with E-state index in [0.29, 0.717) is 17.4 Å². The molecule has 1 atom stereocenters. The van der Waals surface area contributed by atoms with Crippen LogP contribution in [0.25, 0.3) is 11.0 Å². The summed E-state index contributed by atoms with van der Waals surface area (Å²) in [6.45, 7) is 5.68. The fourth-order valence-electron chi connectivity index (χ4n) is 5.63. The number of halogens is 1. The fourth-order valence-corrected chi connectivity index (χ4v) is 5.63. The van der Waals surface area contributed by atoms with Gasteiger partial charge in [-0.2, -0.15) is 5.26 Å². The number of piperidine rings is 1. The van der Waals surface area contributed by atoms with Crippen LogP contribution in [0, 0.1) is 17.1 Å². The Morgan fingerprint density at radius 2 is 1.98 bits per heavy atom. The maximum atomic E-state index is 14.3. The number of rotatable bonds is 9. The van der Waals surface area contributed by atoms with Crippen molar-refractivity contribution >= 4 is 22.6 Å². The van der Waals surface area contributed by atoms with Crippen LogP contribution >= 0.6 is 0 Å². The smallest absolute Gasteiger partial charge is 0.221 e. The van der Waals surface area contributed by atoms with Crippen LogP contribution in [0.5, 0.6) is 5.88 Å². The minimum absolute atomic E-state index is 0.0473. The lowest BCUT2D eigenvalue weighted by Crippen LogP contribution is -2.35. The number of pyridine rings is 1. The summed E-state index contributed by atoms with van der Waals surface area (Å²) in [5, 5.41) is 11.8. The van der Waals surface area contributed by atoms with Crippen molar-refractivity contribution in [2.24, 2.45) is 0 Å². The number of anilines is 1. The number of ether oxygens (including phenoxy) is 2. The minimum atomic E-state index is -0.459. The van der Waals surface area contributed by atoms with Gasteiger partial charge in [0.05, 0.1) is 41.9 Å². The van der Waals surface area contributed by atoms with Gasteiger partial charge in [-0.25, -0.2) is 14.4 Å². The lowest BCUT2D eigenvalue weighted by Gasteiger charge is -2.32. The Labute approximate surface area is 243 Å². The van der Waals surface area contributed by atoms with Crippen LogP contribution in [0.2, 0.25) is 0 Å². The van der Waals surface area contributed by atoms with Gasteiger partial charge in [0.2, 0.25) is 11.8 Å². The molecule has 10 heteroatoms. The van der Waals surface area contributed by atoms with Crippen LogP contribution in [-0.4, -0.2) is 51.1 Å². The SMILES string of the molecule is CC(=O)Nc1ccc2c(c1)nc(CN1CCC(c3cccc(OCc4ccc(C#N)cc4F)n3)CC1)n2C[C@@H]1CCO1. The number of hydrogen-bond acceptors (Lipinski definition) is 7. The highest BCUT2D eigenvalue weighted by Crippen LogP contribution is 2.30. The van der Waals surface area contributed by atoms with E-state index in [2.05, 4.69) is 14.8 Å². The molecule has 9 nitrogen and oxygen atoms in total. The average molecular weight is 569 g/mol. The number of nitrogens with zero attached hydrogens (tertiary/aromatic N) is 5. The summed E-state index contributed by atoms with van der Waals surface area (Å²) >= 11 is 0. The van der Waals surface area contributed by atoms with Crippen molar-refractivity contribution < 1.29 is 18.7 Å². The molecule has 0 spiro atoms. The number of nitrogens with one attached hydrogen (secondary N) is 1. The standard InChI is InChI=1S/C32H33FN6O3/c1-21(40)35-25-7-8-30-29(16-25)36-31(39(30)18-26-11-14-41-26)19-38-12-9-23(10-13-38)28-3-2-4-32(37-28)42-20-24-6-5-22(17-34)15-27(24)33/h2-8,15-16,23,26H,9-14,18-20H2,1H3,(H,35,40)/t26-/m0/s1. The quantitative estimate of drug-likeness (QED) is 0.298. The molecule has 0 unspecified atom stereocenters. The van der Waals surface area contributed by atoms with Crippen LogP contribution in [0.1, 0.15) is 54.7 Å². The van der Waals surface area contributed by atoms with Crippen LogP contribution in [0.4, 0.5) is 10.1 Å². The van der Waals surface area contributed by atoms with Crippen molar-refractivity contribution in [3.8, 4) is 11.9 Å². The molecular weight excluding hydrogens is 535 g/mol. The normalized spacial score (nSPS) is 17.5. The Hall–Kier alpha value is -4.33. The lowest BCUT2D eigenvalue weighted by atomic mass is 9.93. The second-order valence-corrected chi connectivity index (χ2v) is 11.0. The van der Waals surface area contributed by atoms with E-state index in [0.717, 1.165) is 80.3 Å². The van der Waals surface area contributed by atoms with Crippen LogP contribution in [-0.2, 0) is 29.2 Å². The summed E-state index contributed by atoms with van der Waals surface area (Å²) in [4.78, 5) is 23.7. The zero-order valence-electron chi connectivity index (χ0n) is 23.6. The summed E-state index contributed by atoms with van der Waals surface area (Å²) in [6, 6.07) is 17.9. The zero-order chi connectivity index (χ0) is 29.1. The molecule has 2 fully saturated rings. The largest absolute Gasteiger partial charge is 0.473 e. The van der Waals surface area contributed by atoms with Gasteiger partial charge in [0.1, 0.15) is 18.2 Å². The van der Waals surface area contributed by atoms with Crippen molar-refractivity contribution in [3.05, 3.63) is 83.1 Å². The van der Waals surface area contributed by atoms with Gasteiger partial charge < -0.3 is 19.4 Å². The number of aromatic nitrogens is 3. The van der Waals surface area contributed by atoms with Gasteiger partial charge in [-0.05, 0) is 68.8 Å². The Balaban J connectivity index is 1.10. The molecule has 1 amide bonds. The highest BCUT2D eigenvalue weighted by molar-refractivity contribution is 5.91. The Morgan fingerprint density at radius 3 is 2.69 bits per heavy atom. The summed E-state index contributed by atoms with van der Waals surface area (Å²) < 4.78 is 28.1. The van der Waals surface area contributed by atoms with Gasteiger partial charge >= 0.3 is 0 Å². The first-order valence-corrected chi connectivity index (χ1v) is 14.3. The van der Waals surface area contributed by atoms with Crippen molar-refractivity contribution in [1.29, 1.82) is 5.26 Å². The number of carbonyl (C=O) groups excluding carboxylic acids is 1. The van der Waals surface area contributed by atoms with E-state index in [1.807, 2.05) is 36.4 Å². The van der Waals surface area contributed by atoms with E-state index in [1.54, 1.807) is 18.2 Å². The van der Waals surface area contributed by atoms with Crippen LogP contribution in [0.3, 0.4) is 0 Å². The summed E-state index contributed by atoms with van der Waals surface area (Å²) in [5.41, 5.74) is 4.30. The molecule has 216 valence electrons. The van der Waals surface area contributed by atoms with Gasteiger partial charge in [0.15, 0.2) is 0 Å². The molecule has 0 bridgehead atoms. The molecule has 2 saturated heterocycles. The number of carbonyl (C=O) groups is 1. The number of benzene rings is 2. The fraction of sp³-hybridized carbons (Fsp3) is 0.375. The highest BCUT2D eigenvalue weighted by Gasteiger charge is 2.26. The lowest BCUT2D eigenvalue weighted by molar-refractivity contribution is -0.114. The third-order valence-electron chi connectivity index (χ3n) is 8.00. The predicted molar refractivity (Wildman–Crippen MR) is 155 cm³/mol. The molecule has 2 aliphatic heterocycles. The monoisotopic (exact) mass is 568 g/mol. The number of nitriles is 1. The second-order valence-electron chi connectivity index (χ2n) is 11.0. The molecule has 4 heterocycles. The second kappa shape index (κ2) is 12.3. The third kappa shape index (κ3) is 6.27. The van der Waals surface area contributed by atoms with Gasteiger partial charge in [0.25, 0.3) is 0 Å². The Bertz CT molecular complexity index is 1640. The summed E-state index contributed by atoms with van der Waals surface area (Å²) in [7, 11) is 0. The topological polar surface area (TPSA) is 105 Å². The molecule has 1 N–H and O–H groups in total. The van der Waals surface area contributed by atoms with Gasteiger partial charge in [-0.1, -0.05) is 12.1 Å². The van der Waals surface area contributed by atoms with Crippen molar-refractivity contribution in [3.63, 3.8) is 0 Å². The van der Waals surface area contributed by atoms with E-state index in [-0.39, 0.29) is 24.2 Å². The maximum absolute atomic E-state index is 14.3. The molecule has 0 aliphatic carbocycles. The molecule has 0 saturated carbocycles. The predicted octanol–water partition coefficient (Wildman–Crippen LogP) is 5.15. The van der Waals surface area contributed by atoms with E-state index < -0.39 is 5.82 Å². The minimum Gasteiger partial charge on any atom is -0.473 e. The molecule has 2 aromatic heterocycles. The number of likely N-dealkylation sites (tertiary alicyclic amines) is 1. The molecule has 42 heavy (non-hydrogen) atoms. The van der Waals surface area contributed by atoms with Crippen molar-refractivity contribution in [2.75, 3.05) is 25.0 Å². The molecule has 4 aromatic rings. The molecular formula is C32H33FN6O3. The zero-order valence-corrected chi connectivity index (χ0v) is 23.6. The van der Waals surface area contributed by atoms with E-state index in [4.69, 9.17) is 24.7 Å². The number of amides is 1. The Morgan fingerprint density at radius 1 is 1.14 bits per heavy atom. The van der Waals surface area contributed by atoms with Crippen molar-refractivity contribution in [2.45, 2.75) is 57.9 Å². The van der Waals surface area contributed by atoms with Gasteiger partial charge in [-0.15, -0.1) is 0 Å². The first kappa shape index (κ1) is 27.8.